The van der Waals surface area contributed by atoms with Gasteiger partial charge in [0.1, 0.15) is 12.1 Å². The molecule has 6 nitrogen and oxygen atoms in total. The molecule has 138 valence electrons. The van der Waals surface area contributed by atoms with Gasteiger partial charge in [-0.25, -0.2) is 0 Å². The molecule has 0 aliphatic heterocycles. The van der Waals surface area contributed by atoms with E-state index in [0.717, 1.165) is 16.0 Å². The molecular formula is C19H30N3O3+. The summed E-state index contributed by atoms with van der Waals surface area (Å²) in [6.07, 6.45) is 0. The molecule has 0 heterocycles. The molecule has 1 aromatic rings. The van der Waals surface area contributed by atoms with E-state index in [1.165, 1.54) is 0 Å². The lowest BCUT2D eigenvalue weighted by atomic mass is 9.90. The van der Waals surface area contributed by atoms with E-state index in [9.17, 15) is 10.1 Å². The van der Waals surface area contributed by atoms with Gasteiger partial charge in [0, 0.05) is 5.56 Å². The monoisotopic (exact) mass is 348 g/mol. The Kier molecular flexibility index (Phi) is 7.25. The van der Waals surface area contributed by atoms with Gasteiger partial charge in [0.25, 0.3) is 5.91 Å². The first kappa shape index (κ1) is 20.8. The van der Waals surface area contributed by atoms with Gasteiger partial charge in [-0.1, -0.05) is 13.8 Å². The minimum Gasteiger partial charge on any atom is -0.493 e. The number of benzene rings is 1. The van der Waals surface area contributed by atoms with Crippen molar-refractivity contribution in [2.24, 2.45) is 5.92 Å². The Bertz CT molecular complexity index is 652. The fraction of sp³-hybridized carbons (Fsp3) is 0.579. The average Bonchev–Trinajstić information content (AvgIpc) is 2.55. The van der Waals surface area contributed by atoms with Gasteiger partial charge in [0.2, 0.25) is 0 Å². The van der Waals surface area contributed by atoms with E-state index < -0.39 is 5.54 Å². The Balaban J connectivity index is 2.79. The molecule has 1 amide bonds. The third kappa shape index (κ3) is 5.36. The molecule has 0 radical (unpaired) electrons. The number of rotatable bonds is 8. The summed E-state index contributed by atoms with van der Waals surface area (Å²) in [4.78, 5) is 13.3. The van der Waals surface area contributed by atoms with Crippen molar-refractivity contribution in [3.8, 4) is 17.6 Å². The van der Waals surface area contributed by atoms with Crippen LogP contribution in [-0.4, -0.2) is 39.3 Å². The molecule has 0 saturated heterocycles. The van der Waals surface area contributed by atoms with Gasteiger partial charge in [0.15, 0.2) is 18.0 Å². The van der Waals surface area contributed by atoms with Crippen molar-refractivity contribution in [1.29, 1.82) is 5.26 Å². The van der Waals surface area contributed by atoms with Crippen molar-refractivity contribution < 1.29 is 19.2 Å². The van der Waals surface area contributed by atoms with Gasteiger partial charge in [-0.15, -0.1) is 0 Å². The van der Waals surface area contributed by atoms with Gasteiger partial charge in [-0.05, 0) is 37.5 Å². The quantitative estimate of drug-likeness (QED) is 0.737. The lowest BCUT2D eigenvalue weighted by Gasteiger charge is -2.27. The maximum absolute atomic E-state index is 12.3. The third-order valence-corrected chi connectivity index (χ3v) is 4.58. The van der Waals surface area contributed by atoms with Crippen LogP contribution in [0.4, 0.5) is 0 Å². The molecule has 2 N–H and O–H groups in total. The Morgan fingerprint density at radius 1 is 1.32 bits per heavy atom. The number of nitriles is 1. The molecule has 1 rings (SSSR count). The highest BCUT2D eigenvalue weighted by Crippen LogP contribution is 2.29. The molecule has 0 fully saturated rings. The van der Waals surface area contributed by atoms with Gasteiger partial charge < -0.3 is 19.7 Å². The number of likely N-dealkylation sites (N-methyl/N-ethyl adjacent to an activating group) is 1. The van der Waals surface area contributed by atoms with E-state index in [1.54, 1.807) is 21.1 Å². The molecule has 1 unspecified atom stereocenters. The van der Waals surface area contributed by atoms with E-state index in [1.807, 2.05) is 40.0 Å². The fourth-order valence-corrected chi connectivity index (χ4v) is 2.51. The Morgan fingerprint density at radius 3 is 2.36 bits per heavy atom. The predicted molar refractivity (Wildman–Crippen MR) is 96.7 cm³/mol. The molecule has 0 aliphatic rings. The molecule has 0 bridgehead atoms. The lowest BCUT2D eigenvalue weighted by molar-refractivity contribution is -0.885. The number of hydrogen-bond donors (Lipinski definition) is 2. The van der Waals surface area contributed by atoms with Crippen LogP contribution in [0.5, 0.6) is 11.5 Å². The Morgan fingerprint density at radius 2 is 1.88 bits per heavy atom. The zero-order valence-corrected chi connectivity index (χ0v) is 16.3. The SMILES string of the molecule is COc1cc(C)c(C[NH+](C)CC(=O)N[C@@](C)(C#N)C(C)C)cc1OC. The summed E-state index contributed by atoms with van der Waals surface area (Å²) in [5.41, 5.74) is 1.33. The van der Waals surface area contributed by atoms with Crippen molar-refractivity contribution in [1.82, 2.24) is 5.32 Å². The van der Waals surface area contributed by atoms with Crippen LogP contribution in [0, 0.1) is 24.2 Å². The third-order valence-electron chi connectivity index (χ3n) is 4.58. The highest BCUT2D eigenvalue weighted by atomic mass is 16.5. The second-order valence-corrected chi connectivity index (χ2v) is 6.96. The molecule has 0 spiro atoms. The normalized spacial score (nSPS) is 14.4. The standard InChI is InChI=1S/C19H29N3O3/c1-13(2)19(4,12-20)21-18(23)11-22(5)10-15-9-17(25-7)16(24-6)8-14(15)3/h8-9,13H,10-11H2,1-7H3,(H,21,23)/p+1/t19-/m0/s1. The summed E-state index contributed by atoms with van der Waals surface area (Å²) in [6, 6.07) is 6.08. The highest BCUT2D eigenvalue weighted by Gasteiger charge is 2.30. The van der Waals surface area contributed by atoms with Crippen LogP contribution in [0.3, 0.4) is 0 Å². The Hall–Kier alpha value is -2.26. The van der Waals surface area contributed by atoms with Crippen molar-refractivity contribution in [3.63, 3.8) is 0 Å². The number of quaternary nitrogens is 1. The number of carbonyl (C=O) groups is 1. The van der Waals surface area contributed by atoms with Crippen LogP contribution < -0.4 is 19.7 Å². The van der Waals surface area contributed by atoms with Crippen LogP contribution in [0.2, 0.25) is 0 Å². The number of nitrogens with one attached hydrogen (secondary N) is 2. The van der Waals surface area contributed by atoms with Gasteiger partial charge in [-0.3, -0.25) is 4.79 Å². The molecule has 2 atom stereocenters. The average molecular weight is 348 g/mol. The maximum atomic E-state index is 12.3. The summed E-state index contributed by atoms with van der Waals surface area (Å²) < 4.78 is 10.7. The summed E-state index contributed by atoms with van der Waals surface area (Å²) in [5.74, 6) is 1.28. The van der Waals surface area contributed by atoms with Crippen LogP contribution >= 0.6 is 0 Å². The summed E-state index contributed by atoms with van der Waals surface area (Å²) in [5, 5.41) is 12.2. The Labute approximate surface area is 150 Å². The van der Waals surface area contributed by atoms with E-state index in [2.05, 4.69) is 11.4 Å². The molecule has 0 aromatic heterocycles. The summed E-state index contributed by atoms with van der Waals surface area (Å²) in [7, 11) is 5.17. The van der Waals surface area contributed by atoms with Crippen LogP contribution in [-0.2, 0) is 11.3 Å². The van der Waals surface area contributed by atoms with E-state index >= 15 is 0 Å². The zero-order valence-electron chi connectivity index (χ0n) is 16.3. The van der Waals surface area contributed by atoms with Crippen LogP contribution in [0.25, 0.3) is 0 Å². The van der Waals surface area contributed by atoms with Crippen molar-refractivity contribution in [2.45, 2.75) is 39.8 Å². The van der Waals surface area contributed by atoms with E-state index in [-0.39, 0.29) is 18.4 Å². The van der Waals surface area contributed by atoms with Crippen molar-refractivity contribution in [2.75, 3.05) is 27.8 Å². The molecular weight excluding hydrogens is 318 g/mol. The number of aryl methyl sites for hydroxylation is 1. The topological polar surface area (TPSA) is 75.8 Å². The predicted octanol–water partition coefficient (Wildman–Crippen LogP) is 1.08. The molecule has 0 aliphatic carbocycles. The first-order valence-electron chi connectivity index (χ1n) is 8.41. The molecule has 1 aromatic carbocycles. The number of ether oxygens (including phenoxy) is 2. The van der Waals surface area contributed by atoms with Crippen LogP contribution in [0.15, 0.2) is 12.1 Å². The van der Waals surface area contributed by atoms with Crippen molar-refractivity contribution >= 4 is 5.91 Å². The molecule has 0 saturated carbocycles. The number of carbonyl (C=O) groups excluding carboxylic acids is 1. The zero-order chi connectivity index (χ0) is 19.2. The lowest BCUT2D eigenvalue weighted by Crippen LogP contribution is -3.09. The molecule has 6 heteroatoms. The molecule has 25 heavy (non-hydrogen) atoms. The van der Waals surface area contributed by atoms with E-state index in [4.69, 9.17) is 9.47 Å². The van der Waals surface area contributed by atoms with Crippen LogP contribution in [0.1, 0.15) is 31.9 Å². The number of nitrogens with zero attached hydrogens (tertiary/aromatic N) is 1. The summed E-state index contributed by atoms with van der Waals surface area (Å²) in [6.45, 7) is 8.57. The fourth-order valence-electron chi connectivity index (χ4n) is 2.51. The summed E-state index contributed by atoms with van der Waals surface area (Å²) >= 11 is 0. The minimum atomic E-state index is -0.851. The second kappa shape index (κ2) is 8.72. The van der Waals surface area contributed by atoms with Crippen molar-refractivity contribution in [3.05, 3.63) is 23.3 Å². The number of hydrogen-bond acceptors (Lipinski definition) is 4. The van der Waals surface area contributed by atoms with Gasteiger partial charge in [0.05, 0.1) is 27.3 Å². The second-order valence-electron chi connectivity index (χ2n) is 6.96. The largest absolute Gasteiger partial charge is 0.493 e. The van der Waals surface area contributed by atoms with Gasteiger partial charge in [-0.2, -0.15) is 5.26 Å². The smallest absolute Gasteiger partial charge is 0.276 e. The van der Waals surface area contributed by atoms with Gasteiger partial charge >= 0.3 is 0 Å². The minimum absolute atomic E-state index is 0.0369. The highest BCUT2D eigenvalue weighted by molar-refractivity contribution is 5.78. The maximum Gasteiger partial charge on any atom is 0.276 e. The van der Waals surface area contributed by atoms with E-state index in [0.29, 0.717) is 18.0 Å². The first-order valence-corrected chi connectivity index (χ1v) is 8.41. The number of methoxy groups -OCH3 is 2. The first-order chi connectivity index (χ1) is 11.7. The number of amides is 1.